The average molecular weight is 710 g/mol. The number of quaternary nitrogens is 1. The Bertz CT molecular complexity index is 1730. The van der Waals surface area contributed by atoms with E-state index in [1.165, 1.54) is 16.2 Å². The molecule has 2 aliphatic heterocycles. The second-order valence-corrected chi connectivity index (χ2v) is 15.3. The number of nitrogens with one attached hydrogen (secondary N) is 1. The van der Waals surface area contributed by atoms with Crippen LogP contribution in [0.3, 0.4) is 0 Å². The van der Waals surface area contributed by atoms with Gasteiger partial charge in [0.1, 0.15) is 0 Å². The van der Waals surface area contributed by atoms with Crippen molar-refractivity contribution in [3.05, 3.63) is 70.3 Å². The lowest BCUT2D eigenvalue weighted by Gasteiger charge is -2.34. The van der Waals surface area contributed by atoms with E-state index in [0.717, 1.165) is 86.4 Å². The Balaban J connectivity index is 0.000000654. The van der Waals surface area contributed by atoms with Crippen molar-refractivity contribution in [2.24, 2.45) is 16.3 Å². The number of alkyl halides is 3. The molecule has 9 nitrogen and oxygen atoms in total. The Labute approximate surface area is 296 Å². The summed E-state index contributed by atoms with van der Waals surface area (Å²) in [6.07, 6.45) is 7.47. The highest BCUT2D eigenvalue weighted by molar-refractivity contribution is 6.41. The number of aliphatic hydroxyl groups excluding tert-OH is 1. The van der Waals surface area contributed by atoms with Crippen molar-refractivity contribution < 1.29 is 42.7 Å². The minimum Gasteiger partial charge on any atom is -0.478 e. The van der Waals surface area contributed by atoms with Crippen LogP contribution in [0.5, 0.6) is 0 Å². The van der Waals surface area contributed by atoms with Crippen molar-refractivity contribution in [3.8, 4) is 0 Å². The van der Waals surface area contributed by atoms with Crippen LogP contribution in [0, 0.1) is 11.3 Å². The van der Waals surface area contributed by atoms with Gasteiger partial charge in [0, 0.05) is 56.5 Å². The number of aromatic nitrogens is 2. The van der Waals surface area contributed by atoms with E-state index >= 15 is 0 Å². The molecule has 1 saturated heterocycles. The summed E-state index contributed by atoms with van der Waals surface area (Å²) in [7, 11) is 0. The number of hydrogen-bond donors (Lipinski definition) is 3. The number of piperidine rings is 1. The molecule has 6 rings (SSSR count). The van der Waals surface area contributed by atoms with E-state index in [9.17, 15) is 37.8 Å². The molecule has 4 aliphatic rings. The van der Waals surface area contributed by atoms with Gasteiger partial charge in [-0.1, -0.05) is 32.9 Å². The zero-order valence-corrected chi connectivity index (χ0v) is 29.8. The van der Waals surface area contributed by atoms with Crippen LogP contribution in [0.15, 0.2) is 47.1 Å². The third-order valence-corrected chi connectivity index (χ3v) is 10.6. The molecule has 3 N–H and O–H groups in total. The number of carboxylic acids is 1. The van der Waals surface area contributed by atoms with Gasteiger partial charge in [0.05, 0.1) is 48.5 Å². The molecule has 2 aliphatic carbocycles. The van der Waals surface area contributed by atoms with Crippen LogP contribution in [0.2, 0.25) is 0 Å². The Morgan fingerprint density at radius 1 is 1.06 bits per heavy atom. The molecule has 0 bridgehead atoms. The number of hydrogen-bond acceptors (Lipinski definition) is 7. The summed E-state index contributed by atoms with van der Waals surface area (Å²) < 4.78 is 32.5. The molecule has 51 heavy (non-hydrogen) atoms. The van der Waals surface area contributed by atoms with Gasteiger partial charge in [0.2, 0.25) is 5.78 Å². The number of fused-ring (bicyclic) bond motifs is 2. The fourth-order valence-corrected chi connectivity index (χ4v) is 7.20. The zero-order chi connectivity index (χ0) is 37.1. The van der Waals surface area contributed by atoms with Gasteiger partial charge in [-0.25, -0.2) is 9.79 Å². The number of pyridine rings is 2. The second-order valence-electron chi connectivity index (χ2n) is 15.3. The third kappa shape index (κ3) is 9.85. The number of carboxylic acid groups (broad SMARTS) is 1. The molecule has 2 atom stereocenters. The summed E-state index contributed by atoms with van der Waals surface area (Å²) in [4.78, 5) is 50.5. The molecular formula is C39H48F3N4O5+. The predicted molar refractivity (Wildman–Crippen MR) is 187 cm³/mol. The van der Waals surface area contributed by atoms with E-state index in [-0.39, 0.29) is 23.2 Å². The molecule has 0 radical (unpaired) electrons. The number of carbonyl (C=O) groups excluding carboxylic acids is 2. The number of carbonyl (C=O) groups is 3. The molecule has 4 heterocycles. The maximum atomic E-state index is 13.8. The number of allylic oxidation sites excluding steroid dienone is 3. The fraction of sp³-hybridized carbons (Fsp3) is 0.538. The summed E-state index contributed by atoms with van der Waals surface area (Å²) in [5.74, 6) is -1.98. The molecule has 0 saturated carbocycles. The molecule has 2 aromatic heterocycles. The minimum atomic E-state index is -4.64. The first-order valence-corrected chi connectivity index (χ1v) is 17.8. The number of aryl methyl sites for hydroxylation is 1. The van der Waals surface area contributed by atoms with Crippen LogP contribution >= 0.6 is 0 Å². The van der Waals surface area contributed by atoms with Crippen molar-refractivity contribution in [1.29, 1.82) is 0 Å². The minimum absolute atomic E-state index is 0.00815. The van der Waals surface area contributed by atoms with Crippen LogP contribution in [-0.2, 0) is 33.6 Å². The van der Waals surface area contributed by atoms with Crippen LogP contribution in [0.1, 0.15) is 100 Å². The topological polar surface area (TPSA) is 134 Å². The summed E-state index contributed by atoms with van der Waals surface area (Å²) in [6.45, 7) is 10.2. The summed E-state index contributed by atoms with van der Waals surface area (Å²) >= 11 is 0. The largest absolute Gasteiger partial charge is 0.478 e. The number of aliphatic hydroxyl groups is 1. The van der Waals surface area contributed by atoms with Gasteiger partial charge in [-0.2, -0.15) is 13.2 Å². The van der Waals surface area contributed by atoms with E-state index in [0.29, 0.717) is 43.4 Å². The molecule has 2 aromatic rings. The highest BCUT2D eigenvalue weighted by atomic mass is 19.4. The second kappa shape index (κ2) is 15.7. The lowest BCUT2D eigenvalue weighted by Crippen LogP contribution is -3.13. The monoisotopic (exact) mass is 709 g/mol. The Kier molecular flexibility index (Phi) is 11.8. The van der Waals surface area contributed by atoms with Gasteiger partial charge in [-0.05, 0) is 77.8 Å². The SMILES string of the molecule is CC(=O)C(F)(F)F.CC(C)(C)[C@H]1CCc2nc3c(cc2C1)N=C(C(=O)C[C@H](CC[NH+]1CCC(O)CC1)c1ccc(C2=CCC(C(=O)O)=C2)nc1)C3. The van der Waals surface area contributed by atoms with Crippen LogP contribution < -0.4 is 4.90 Å². The first-order valence-electron chi connectivity index (χ1n) is 17.8. The van der Waals surface area contributed by atoms with Crippen molar-refractivity contribution in [2.75, 3.05) is 19.6 Å². The third-order valence-electron chi connectivity index (χ3n) is 10.6. The summed E-state index contributed by atoms with van der Waals surface area (Å²) in [6, 6.07) is 6.16. The maximum Gasteiger partial charge on any atom is 0.449 e. The Morgan fingerprint density at radius 3 is 2.35 bits per heavy atom. The first-order chi connectivity index (χ1) is 24.0. The maximum absolute atomic E-state index is 13.8. The standard InChI is InChI=1S/C36H44N4O4.C3H3F3O/c1-36(2,3)27-7-9-30-26(17-27)18-31-32(38-30)20-33(39-31)34(42)19-22(10-13-40-14-11-28(41)12-15-40)25-6-8-29(37-21-25)23-4-5-24(16-23)35(43)44;1-2(7)3(4,5)6/h4,6,8,16,18,21-22,27-28,41H,5,7,9-15,17,19-20H2,1-3H3,(H,43,44);1H3/p+1/t22-,27-;/m0./s1. The number of halogens is 3. The van der Waals surface area contributed by atoms with E-state index in [1.54, 1.807) is 6.08 Å². The lowest BCUT2D eigenvalue weighted by molar-refractivity contribution is -0.906. The van der Waals surface area contributed by atoms with E-state index in [4.69, 9.17) is 9.98 Å². The average Bonchev–Trinajstić information content (AvgIpc) is 3.74. The summed E-state index contributed by atoms with van der Waals surface area (Å²) in [5.41, 5.74) is 8.05. The normalized spacial score (nSPS) is 22.0. The Morgan fingerprint density at radius 2 is 1.76 bits per heavy atom. The zero-order valence-electron chi connectivity index (χ0n) is 29.8. The number of ketones is 2. The van der Waals surface area contributed by atoms with Gasteiger partial charge in [-0.3, -0.25) is 19.6 Å². The number of rotatable bonds is 9. The van der Waals surface area contributed by atoms with Gasteiger partial charge < -0.3 is 15.1 Å². The molecule has 0 aromatic carbocycles. The molecule has 0 unspecified atom stereocenters. The van der Waals surface area contributed by atoms with Crippen LogP contribution in [0.4, 0.5) is 18.9 Å². The van der Waals surface area contributed by atoms with Crippen molar-refractivity contribution in [3.63, 3.8) is 0 Å². The highest BCUT2D eigenvalue weighted by Crippen LogP contribution is 2.39. The van der Waals surface area contributed by atoms with Gasteiger partial charge in [0.25, 0.3) is 0 Å². The van der Waals surface area contributed by atoms with Crippen molar-refractivity contribution in [2.45, 2.75) is 104 Å². The smallest absolute Gasteiger partial charge is 0.449 e. The molecular weight excluding hydrogens is 661 g/mol. The number of Topliss-reactive ketones (excluding diaryl/α,β-unsaturated/α-hetero) is 2. The Hall–Kier alpha value is -4.03. The number of likely N-dealkylation sites (tertiary alicyclic amines) is 1. The van der Waals surface area contributed by atoms with Crippen molar-refractivity contribution in [1.82, 2.24) is 9.97 Å². The number of nitrogens with zero attached hydrogens (tertiary/aromatic N) is 3. The lowest BCUT2D eigenvalue weighted by atomic mass is 9.71. The van der Waals surface area contributed by atoms with Crippen LogP contribution in [-0.4, -0.2) is 75.3 Å². The van der Waals surface area contributed by atoms with E-state index in [2.05, 4.69) is 31.8 Å². The molecule has 0 spiro atoms. The quantitative estimate of drug-likeness (QED) is 0.319. The van der Waals surface area contributed by atoms with Crippen LogP contribution in [0.25, 0.3) is 5.57 Å². The molecule has 1 fully saturated rings. The molecule has 0 amide bonds. The van der Waals surface area contributed by atoms with E-state index in [1.807, 2.05) is 24.4 Å². The molecule has 274 valence electrons. The predicted octanol–water partition coefficient (Wildman–Crippen LogP) is 5.36. The van der Waals surface area contributed by atoms with Crippen molar-refractivity contribution >= 4 is 34.5 Å². The fourth-order valence-electron chi connectivity index (χ4n) is 7.20. The van der Waals surface area contributed by atoms with Gasteiger partial charge >= 0.3 is 12.1 Å². The van der Waals surface area contributed by atoms with Gasteiger partial charge in [0.15, 0.2) is 5.78 Å². The molecule has 12 heteroatoms. The van der Waals surface area contributed by atoms with Gasteiger partial charge in [-0.15, -0.1) is 0 Å². The number of aliphatic carboxylic acids is 1. The number of aliphatic imine (C=N–C) groups is 1. The van der Waals surface area contributed by atoms with E-state index < -0.39 is 17.9 Å². The highest BCUT2D eigenvalue weighted by Gasteiger charge is 2.34. The summed E-state index contributed by atoms with van der Waals surface area (Å²) in [5, 5.41) is 19.3. The first kappa shape index (κ1) is 38.2.